The van der Waals surface area contributed by atoms with E-state index in [0.717, 1.165) is 19.3 Å². The van der Waals surface area contributed by atoms with Crippen LogP contribution in [-0.4, -0.2) is 44.9 Å². The van der Waals surface area contributed by atoms with Gasteiger partial charge in [0.15, 0.2) is 5.25 Å². The monoisotopic (exact) mass is 373 g/mol. The first kappa shape index (κ1) is 20.9. The summed E-state index contributed by atoms with van der Waals surface area (Å²) in [4.78, 5) is 15.3. The van der Waals surface area contributed by atoms with Gasteiger partial charge in [0.05, 0.1) is 5.52 Å². The normalized spacial score (nSPS) is 12.4. The lowest BCUT2D eigenvalue weighted by Crippen LogP contribution is -2.32. The van der Waals surface area contributed by atoms with Crippen molar-refractivity contribution in [1.82, 2.24) is 9.71 Å². The second-order valence-corrected chi connectivity index (χ2v) is 7.44. The molecule has 2 aromatic rings. The maximum atomic E-state index is 12.6. The Hall–Kier alpha value is -2.17. The molecule has 1 unspecified atom stereocenters. The van der Waals surface area contributed by atoms with E-state index in [9.17, 15) is 23.5 Å². The van der Waals surface area contributed by atoms with Crippen LogP contribution < -0.4 is 5.90 Å². The van der Waals surface area contributed by atoms with Gasteiger partial charge in [-0.3, -0.25) is 4.79 Å². The number of fused-ring (bicyclic) bond motifs is 1. The quantitative estimate of drug-likeness (QED) is 0.310. The summed E-state index contributed by atoms with van der Waals surface area (Å²) in [5.74, 6) is 2.08. The van der Waals surface area contributed by atoms with Gasteiger partial charge in [-0.2, -0.15) is 4.73 Å². The highest BCUT2D eigenvalue weighted by Crippen LogP contribution is 2.24. The lowest BCUT2D eigenvalue weighted by Gasteiger charge is -2.12. The fourth-order valence-electron chi connectivity index (χ4n) is 2.47. The summed E-state index contributed by atoms with van der Waals surface area (Å²) in [7, 11) is -4.28. The minimum Gasteiger partial charge on any atom is -0.480 e. The number of aliphatic carboxylic acids is 1. The van der Waals surface area contributed by atoms with Gasteiger partial charge in [-0.15, -0.1) is 0 Å². The summed E-state index contributed by atoms with van der Waals surface area (Å²) >= 11 is 0. The molecule has 0 amide bonds. The average molecular weight is 373 g/mol. The number of aromatic nitrogens is 2. The molecule has 9 nitrogen and oxygen atoms in total. The number of carboxylic acid groups (broad SMARTS) is 1. The minimum atomic E-state index is -4.28. The molecule has 1 aromatic carbocycles. The molecular formula is C15H23N3O6S. The van der Waals surface area contributed by atoms with Crippen LogP contribution in [0.15, 0.2) is 29.4 Å². The number of rotatable bonds is 8. The predicted molar refractivity (Wildman–Crippen MR) is 90.3 cm³/mol. The number of unbranched alkanes of at least 4 members (excludes halogenated alkanes) is 3. The van der Waals surface area contributed by atoms with Crippen molar-refractivity contribution in [3.8, 4) is 0 Å². The first-order valence-corrected chi connectivity index (χ1v) is 9.33. The minimum absolute atomic E-state index is 0.000865. The molecular weight excluding hydrogens is 350 g/mol. The van der Waals surface area contributed by atoms with E-state index in [-0.39, 0.29) is 11.9 Å². The number of carboxylic acids is 1. The van der Waals surface area contributed by atoms with Gasteiger partial charge in [0.25, 0.3) is 5.16 Å². The molecule has 1 atom stereocenters. The van der Waals surface area contributed by atoms with E-state index in [1.165, 1.54) is 6.07 Å². The van der Waals surface area contributed by atoms with Crippen LogP contribution in [0.5, 0.6) is 0 Å². The number of nitrogens with two attached hydrogens (primary N) is 1. The second-order valence-electron chi connectivity index (χ2n) is 5.42. The number of para-hydroxylation sites is 2. The summed E-state index contributed by atoms with van der Waals surface area (Å²) in [6.45, 7) is 2.01. The fraction of sp³-hybridized carbons (Fsp3) is 0.467. The van der Waals surface area contributed by atoms with E-state index in [2.05, 4.69) is 10.9 Å². The Morgan fingerprint density at radius 3 is 2.44 bits per heavy atom. The average Bonchev–Trinajstić information content (AvgIpc) is 2.94. The highest BCUT2D eigenvalue weighted by Gasteiger charge is 2.37. The third-order valence-corrected chi connectivity index (χ3v) is 5.69. The molecule has 0 aliphatic carbocycles. The SMILES string of the molecule is CCCCCCC(C(=O)O)S(=O)(=O)c1nc2ccccc2n1O.NO. The highest BCUT2D eigenvalue weighted by atomic mass is 32.2. The van der Waals surface area contributed by atoms with Crippen LogP contribution in [0, 0.1) is 0 Å². The summed E-state index contributed by atoms with van der Waals surface area (Å²) in [6, 6.07) is 6.36. The lowest BCUT2D eigenvalue weighted by atomic mass is 10.1. The van der Waals surface area contributed by atoms with Gasteiger partial charge in [0.2, 0.25) is 9.84 Å². The van der Waals surface area contributed by atoms with Gasteiger partial charge < -0.3 is 15.5 Å². The molecule has 1 heterocycles. The van der Waals surface area contributed by atoms with Gasteiger partial charge in [-0.25, -0.2) is 19.3 Å². The molecule has 5 N–H and O–H groups in total. The Labute approximate surface area is 145 Å². The smallest absolute Gasteiger partial charge is 0.322 e. The zero-order valence-electron chi connectivity index (χ0n) is 13.9. The number of carbonyl (C=O) groups is 1. The van der Waals surface area contributed by atoms with Crippen molar-refractivity contribution in [2.75, 3.05) is 0 Å². The third-order valence-electron chi connectivity index (χ3n) is 3.73. The summed E-state index contributed by atoms with van der Waals surface area (Å²) in [5.41, 5.74) is 0.518. The van der Waals surface area contributed by atoms with Crippen LogP contribution in [-0.2, 0) is 14.6 Å². The Morgan fingerprint density at radius 2 is 1.88 bits per heavy atom. The Bertz CT molecular complexity index is 803. The Balaban J connectivity index is 0.00000151. The number of imidazole rings is 1. The van der Waals surface area contributed by atoms with E-state index in [4.69, 9.17) is 5.21 Å². The maximum absolute atomic E-state index is 12.6. The van der Waals surface area contributed by atoms with Gasteiger partial charge in [0, 0.05) is 0 Å². The van der Waals surface area contributed by atoms with Crippen molar-refractivity contribution in [3.05, 3.63) is 24.3 Å². The maximum Gasteiger partial charge on any atom is 0.322 e. The van der Waals surface area contributed by atoms with E-state index in [0.29, 0.717) is 16.7 Å². The molecule has 140 valence electrons. The van der Waals surface area contributed by atoms with Crippen LogP contribution in [0.1, 0.15) is 39.0 Å². The van der Waals surface area contributed by atoms with Crippen LogP contribution in [0.3, 0.4) is 0 Å². The predicted octanol–water partition coefficient (Wildman–Crippen LogP) is 1.81. The van der Waals surface area contributed by atoms with E-state index in [1.54, 1.807) is 18.2 Å². The number of sulfone groups is 1. The first-order chi connectivity index (χ1) is 11.9. The Morgan fingerprint density at radius 1 is 1.24 bits per heavy atom. The van der Waals surface area contributed by atoms with Crippen LogP contribution in [0.2, 0.25) is 0 Å². The molecule has 10 heteroatoms. The zero-order valence-corrected chi connectivity index (χ0v) is 14.7. The number of hydrogen-bond acceptors (Lipinski definition) is 7. The first-order valence-electron chi connectivity index (χ1n) is 7.78. The molecule has 0 spiro atoms. The van der Waals surface area contributed by atoms with Crippen molar-refractivity contribution in [3.63, 3.8) is 0 Å². The van der Waals surface area contributed by atoms with Crippen LogP contribution in [0.4, 0.5) is 0 Å². The largest absolute Gasteiger partial charge is 0.480 e. The highest BCUT2D eigenvalue weighted by molar-refractivity contribution is 7.92. The third kappa shape index (κ3) is 4.68. The van der Waals surface area contributed by atoms with Crippen molar-refractivity contribution in [1.29, 1.82) is 0 Å². The number of benzene rings is 1. The summed E-state index contributed by atoms with van der Waals surface area (Å²) < 4.78 is 25.7. The van der Waals surface area contributed by atoms with Crippen molar-refractivity contribution in [2.45, 2.75) is 49.4 Å². The summed E-state index contributed by atoms with van der Waals surface area (Å²) in [5, 5.41) is 23.6. The molecule has 0 aliphatic rings. The molecule has 0 fully saturated rings. The van der Waals surface area contributed by atoms with E-state index >= 15 is 0 Å². The molecule has 0 aliphatic heterocycles. The van der Waals surface area contributed by atoms with Crippen molar-refractivity contribution >= 4 is 26.8 Å². The standard InChI is InChI=1S/C15H20N2O5S.H3NO/c1-2-3-4-5-10-13(14(18)19)23(21,22)15-16-11-8-6-7-9-12(11)17(15)20;1-2/h6-9,13,20H,2-5,10H2,1H3,(H,18,19);2H,1H2. The van der Waals surface area contributed by atoms with Crippen LogP contribution >= 0.6 is 0 Å². The molecule has 1 aromatic heterocycles. The second kappa shape index (κ2) is 9.35. The van der Waals surface area contributed by atoms with Gasteiger partial charge >= 0.3 is 5.97 Å². The van der Waals surface area contributed by atoms with Crippen LogP contribution in [0.25, 0.3) is 11.0 Å². The molecule has 0 saturated carbocycles. The Kier molecular flexibility index (Phi) is 7.81. The number of nitrogens with zero attached hydrogens (tertiary/aromatic N) is 2. The van der Waals surface area contributed by atoms with Gasteiger partial charge in [0.1, 0.15) is 5.52 Å². The summed E-state index contributed by atoms with van der Waals surface area (Å²) in [6.07, 6.45) is 3.16. The van der Waals surface area contributed by atoms with Gasteiger partial charge in [-0.1, -0.05) is 44.7 Å². The topological polar surface area (TPSA) is 156 Å². The molecule has 25 heavy (non-hydrogen) atoms. The molecule has 2 rings (SSSR count). The molecule has 0 bridgehead atoms. The van der Waals surface area contributed by atoms with Crippen molar-refractivity contribution < 1.29 is 28.7 Å². The van der Waals surface area contributed by atoms with Gasteiger partial charge in [-0.05, 0) is 18.6 Å². The van der Waals surface area contributed by atoms with E-state index < -0.39 is 26.2 Å². The van der Waals surface area contributed by atoms with Crippen molar-refractivity contribution in [2.24, 2.45) is 5.90 Å². The molecule has 0 saturated heterocycles. The number of hydrogen-bond donors (Lipinski definition) is 4. The fourth-order valence-corrected chi connectivity index (χ4v) is 4.03. The zero-order chi connectivity index (χ0) is 19.0. The lowest BCUT2D eigenvalue weighted by molar-refractivity contribution is -0.136. The van der Waals surface area contributed by atoms with E-state index in [1.807, 2.05) is 6.92 Å². The molecule has 0 radical (unpaired) electrons.